The Hall–Kier alpha value is -0.0900. The Balaban J connectivity index is 2.01. The Morgan fingerprint density at radius 3 is 2.67 bits per heavy atom. The number of hydrogen-bond donors (Lipinski definition) is 1. The van der Waals surface area contributed by atoms with Crippen molar-refractivity contribution in [2.75, 3.05) is 23.0 Å². The molecule has 1 heterocycles. The van der Waals surface area contributed by atoms with Gasteiger partial charge in [-0.1, -0.05) is 51.2 Å². The van der Waals surface area contributed by atoms with Crippen LogP contribution in [0.25, 0.3) is 0 Å². The van der Waals surface area contributed by atoms with Gasteiger partial charge in [-0.15, -0.1) is 0 Å². The zero-order chi connectivity index (χ0) is 17.5. The van der Waals surface area contributed by atoms with Crippen LogP contribution in [0.5, 0.6) is 0 Å². The third kappa shape index (κ3) is 11.5. The topological polar surface area (TPSA) is 37.3 Å². The van der Waals surface area contributed by atoms with E-state index in [-0.39, 0.29) is 0 Å². The molecule has 0 radical (unpaired) electrons. The number of unbranched alkanes of at least 4 members (excludes halogenated alkanes) is 6. The largest absolute Gasteiger partial charge is 0.481 e. The van der Waals surface area contributed by atoms with Crippen molar-refractivity contribution in [3.05, 3.63) is 12.2 Å². The molecule has 2 nitrogen and oxygen atoms in total. The van der Waals surface area contributed by atoms with Crippen LogP contribution in [0.2, 0.25) is 0 Å². The molecule has 0 saturated carbocycles. The lowest BCUT2D eigenvalue weighted by Crippen LogP contribution is -2.15. The molecule has 4 heteroatoms. The van der Waals surface area contributed by atoms with Crippen molar-refractivity contribution >= 4 is 29.5 Å². The first-order chi connectivity index (χ1) is 11.7. The molecule has 0 aromatic heterocycles. The molecule has 0 amide bonds. The lowest BCUT2D eigenvalue weighted by atomic mass is 9.92. The second kappa shape index (κ2) is 15.2. The number of hydrogen-bond acceptors (Lipinski definition) is 3. The molecule has 1 aliphatic rings. The molecule has 24 heavy (non-hydrogen) atoms. The lowest BCUT2D eigenvalue weighted by Gasteiger charge is -2.18. The van der Waals surface area contributed by atoms with E-state index in [1.807, 2.05) is 0 Å². The molecule has 0 bridgehead atoms. The van der Waals surface area contributed by atoms with Crippen molar-refractivity contribution in [2.24, 2.45) is 11.8 Å². The first kappa shape index (κ1) is 22.0. The molecule has 0 spiro atoms. The number of carboxylic acid groups (broad SMARTS) is 1. The van der Waals surface area contributed by atoms with Crippen LogP contribution in [0.4, 0.5) is 0 Å². The molecule has 1 saturated heterocycles. The highest BCUT2D eigenvalue weighted by atomic mass is 32.2. The summed E-state index contributed by atoms with van der Waals surface area (Å²) in [4.78, 5) is 10.5. The molecular weight excluding hydrogens is 336 g/mol. The summed E-state index contributed by atoms with van der Waals surface area (Å²) in [5.41, 5.74) is 0. The molecule has 140 valence electrons. The molecule has 1 fully saturated rings. The van der Waals surface area contributed by atoms with Crippen molar-refractivity contribution in [1.29, 1.82) is 0 Å². The normalized spacial score (nSPS) is 20.9. The quantitative estimate of drug-likeness (QED) is 0.272. The fourth-order valence-corrected chi connectivity index (χ4v) is 5.99. The van der Waals surface area contributed by atoms with Gasteiger partial charge in [-0.2, -0.15) is 23.5 Å². The number of carboxylic acids is 1. The molecule has 2 atom stereocenters. The molecular formula is C20H36O2S2. The third-order valence-electron chi connectivity index (χ3n) is 4.73. The van der Waals surface area contributed by atoms with Crippen LogP contribution in [-0.4, -0.2) is 34.1 Å². The van der Waals surface area contributed by atoms with Crippen LogP contribution in [0.1, 0.15) is 71.1 Å². The van der Waals surface area contributed by atoms with Crippen LogP contribution in [0, 0.1) is 11.8 Å². The fraction of sp³-hybridized carbons (Fsp3) is 0.850. The van der Waals surface area contributed by atoms with Gasteiger partial charge < -0.3 is 5.11 Å². The molecule has 1 aliphatic heterocycles. The van der Waals surface area contributed by atoms with Gasteiger partial charge in [-0.25, -0.2) is 0 Å². The van der Waals surface area contributed by atoms with E-state index in [0.717, 1.165) is 24.7 Å². The van der Waals surface area contributed by atoms with Gasteiger partial charge in [0, 0.05) is 12.2 Å². The van der Waals surface area contributed by atoms with Crippen LogP contribution >= 0.6 is 23.5 Å². The zero-order valence-corrected chi connectivity index (χ0v) is 17.0. The number of carbonyl (C=O) groups is 1. The Bertz CT molecular complexity index is 345. The molecule has 0 aromatic carbocycles. The summed E-state index contributed by atoms with van der Waals surface area (Å²) in [7, 11) is 0. The summed E-state index contributed by atoms with van der Waals surface area (Å²) < 4.78 is 0. The van der Waals surface area contributed by atoms with E-state index < -0.39 is 5.97 Å². The number of aliphatic carboxylic acids is 1. The first-order valence-corrected chi connectivity index (χ1v) is 12.1. The van der Waals surface area contributed by atoms with Crippen LogP contribution in [0.15, 0.2) is 12.2 Å². The van der Waals surface area contributed by atoms with Gasteiger partial charge in [0.25, 0.3) is 0 Å². The van der Waals surface area contributed by atoms with E-state index in [1.165, 1.54) is 68.0 Å². The Morgan fingerprint density at radius 1 is 1.08 bits per heavy atom. The maximum Gasteiger partial charge on any atom is 0.303 e. The standard InChI is InChI=1S/C20H36O2S2/c1-2-3-4-5-8-11-14-23-16-19-17-24-15-18(19)12-9-6-7-10-13-20(21)22/h8,11,18-19H,2-7,9-10,12-17H2,1H3,(H,21,22). The van der Waals surface area contributed by atoms with Gasteiger partial charge in [0.15, 0.2) is 0 Å². The summed E-state index contributed by atoms with van der Waals surface area (Å²) in [6.45, 7) is 2.26. The van der Waals surface area contributed by atoms with Gasteiger partial charge in [0.05, 0.1) is 0 Å². The summed E-state index contributed by atoms with van der Waals surface area (Å²) in [6.07, 6.45) is 16.1. The third-order valence-corrected chi connectivity index (χ3v) is 7.15. The summed E-state index contributed by atoms with van der Waals surface area (Å²) in [6, 6.07) is 0. The molecule has 1 N–H and O–H groups in total. The zero-order valence-electron chi connectivity index (χ0n) is 15.4. The minimum Gasteiger partial charge on any atom is -0.481 e. The van der Waals surface area contributed by atoms with Crippen molar-refractivity contribution in [2.45, 2.75) is 71.1 Å². The maximum atomic E-state index is 10.5. The predicted molar refractivity (Wildman–Crippen MR) is 110 cm³/mol. The van der Waals surface area contributed by atoms with Gasteiger partial charge in [0.1, 0.15) is 0 Å². The number of rotatable bonds is 15. The Labute approximate surface area is 157 Å². The Kier molecular flexibility index (Phi) is 13.9. The van der Waals surface area contributed by atoms with E-state index in [2.05, 4.69) is 42.6 Å². The van der Waals surface area contributed by atoms with Gasteiger partial charge in [-0.3, -0.25) is 4.79 Å². The maximum absolute atomic E-state index is 10.5. The second-order valence-electron chi connectivity index (χ2n) is 6.91. The molecule has 0 aromatic rings. The lowest BCUT2D eigenvalue weighted by molar-refractivity contribution is -0.137. The van der Waals surface area contributed by atoms with Crippen LogP contribution < -0.4 is 0 Å². The summed E-state index contributed by atoms with van der Waals surface area (Å²) in [5.74, 6) is 6.32. The second-order valence-corrected chi connectivity index (χ2v) is 9.06. The first-order valence-electron chi connectivity index (χ1n) is 9.76. The van der Waals surface area contributed by atoms with Crippen molar-refractivity contribution < 1.29 is 9.90 Å². The fourth-order valence-electron chi connectivity index (χ4n) is 3.17. The number of allylic oxidation sites excluding steroid dienone is 1. The summed E-state index contributed by atoms with van der Waals surface area (Å²) >= 11 is 4.23. The molecule has 2 unspecified atom stereocenters. The van der Waals surface area contributed by atoms with Gasteiger partial charge in [0.2, 0.25) is 0 Å². The predicted octanol–water partition coefficient (Wildman–Crippen LogP) is 6.26. The average Bonchev–Trinajstić information content (AvgIpc) is 3.00. The van der Waals surface area contributed by atoms with Crippen LogP contribution in [0.3, 0.4) is 0 Å². The van der Waals surface area contributed by atoms with E-state index >= 15 is 0 Å². The summed E-state index contributed by atoms with van der Waals surface area (Å²) in [5, 5.41) is 8.64. The highest BCUT2D eigenvalue weighted by Gasteiger charge is 2.26. The van der Waals surface area contributed by atoms with E-state index in [0.29, 0.717) is 6.42 Å². The minimum absolute atomic E-state index is 0.338. The Morgan fingerprint density at radius 2 is 1.88 bits per heavy atom. The highest BCUT2D eigenvalue weighted by molar-refractivity contribution is 8.00. The molecule has 0 aliphatic carbocycles. The SMILES string of the molecule is CCCCCC=CCSCC1CSCC1CCCCCCC(=O)O. The molecule has 1 rings (SSSR count). The van der Waals surface area contributed by atoms with Crippen molar-refractivity contribution in [3.63, 3.8) is 0 Å². The van der Waals surface area contributed by atoms with E-state index in [1.54, 1.807) is 0 Å². The van der Waals surface area contributed by atoms with Crippen molar-refractivity contribution in [3.8, 4) is 0 Å². The van der Waals surface area contributed by atoms with Gasteiger partial charge >= 0.3 is 5.97 Å². The van der Waals surface area contributed by atoms with Gasteiger partial charge in [-0.05, 0) is 54.8 Å². The van der Waals surface area contributed by atoms with E-state index in [4.69, 9.17) is 5.11 Å². The monoisotopic (exact) mass is 372 g/mol. The average molecular weight is 373 g/mol. The minimum atomic E-state index is -0.654. The number of thioether (sulfide) groups is 2. The van der Waals surface area contributed by atoms with Crippen molar-refractivity contribution in [1.82, 2.24) is 0 Å². The van der Waals surface area contributed by atoms with E-state index in [9.17, 15) is 4.79 Å². The highest BCUT2D eigenvalue weighted by Crippen LogP contribution is 2.35. The smallest absolute Gasteiger partial charge is 0.303 e. The van der Waals surface area contributed by atoms with Crippen LogP contribution in [-0.2, 0) is 4.79 Å².